The Kier molecular flexibility index (Phi) is 8.83. The molecule has 2 N–H and O–H groups in total. The maximum Gasteiger partial charge on any atom is 0.407 e. The molecule has 1 unspecified atom stereocenters. The van der Waals surface area contributed by atoms with Crippen LogP contribution >= 0.6 is 0 Å². The van der Waals surface area contributed by atoms with Gasteiger partial charge in [-0.2, -0.15) is 0 Å². The van der Waals surface area contributed by atoms with Crippen LogP contribution in [0.2, 0.25) is 0 Å². The molecule has 7 nitrogen and oxygen atoms in total. The maximum atomic E-state index is 11.6. The second kappa shape index (κ2) is 10.1. The fourth-order valence-electron chi connectivity index (χ4n) is 2.43. The third kappa shape index (κ3) is 9.76. The number of nitrogens with one attached hydrogen (secondary N) is 2. The van der Waals surface area contributed by atoms with Crippen LogP contribution in [0.4, 0.5) is 4.79 Å². The first kappa shape index (κ1) is 20.2. The van der Waals surface area contributed by atoms with E-state index in [2.05, 4.69) is 27.7 Å². The van der Waals surface area contributed by atoms with Crippen molar-refractivity contribution in [3.8, 4) is 0 Å². The SMILES string of the molecule is COCC(CCCNC(=O)OC(C)(C)C)NN1CCN(C)CC1. The third-order valence-electron chi connectivity index (χ3n) is 3.63. The summed E-state index contributed by atoms with van der Waals surface area (Å²) in [6.07, 6.45) is 1.47. The molecular formula is C16H34N4O3. The van der Waals surface area contributed by atoms with Crippen LogP contribution in [0, 0.1) is 0 Å². The number of carbonyl (C=O) groups excluding carboxylic acids is 1. The number of hydrazine groups is 1. The van der Waals surface area contributed by atoms with Crippen LogP contribution in [-0.4, -0.2) is 81.1 Å². The zero-order valence-electron chi connectivity index (χ0n) is 15.4. The van der Waals surface area contributed by atoms with Crippen molar-refractivity contribution in [2.45, 2.75) is 45.3 Å². The Hall–Kier alpha value is -0.890. The van der Waals surface area contributed by atoms with Crippen LogP contribution in [0.15, 0.2) is 0 Å². The lowest BCUT2D eigenvalue weighted by Gasteiger charge is -2.35. The van der Waals surface area contributed by atoms with Crippen LogP contribution in [0.3, 0.4) is 0 Å². The first-order valence-electron chi connectivity index (χ1n) is 8.45. The summed E-state index contributed by atoms with van der Waals surface area (Å²) in [6.45, 7) is 11.1. The molecule has 1 atom stereocenters. The van der Waals surface area contributed by atoms with Gasteiger partial charge in [-0.3, -0.25) is 0 Å². The smallest absolute Gasteiger partial charge is 0.407 e. The lowest BCUT2D eigenvalue weighted by atomic mass is 10.2. The van der Waals surface area contributed by atoms with E-state index in [1.807, 2.05) is 20.8 Å². The predicted octanol–water partition coefficient (Wildman–Crippen LogP) is 1.06. The molecule has 1 fully saturated rings. The van der Waals surface area contributed by atoms with Crippen LogP contribution in [0.1, 0.15) is 33.6 Å². The van der Waals surface area contributed by atoms with Crippen LogP contribution in [0.5, 0.6) is 0 Å². The summed E-state index contributed by atoms with van der Waals surface area (Å²) in [7, 11) is 3.87. The lowest BCUT2D eigenvalue weighted by Crippen LogP contribution is -2.54. The molecular weight excluding hydrogens is 296 g/mol. The van der Waals surface area contributed by atoms with Crippen molar-refractivity contribution < 1.29 is 14.3 Å². The molecule has 0 spiro atoms. The van der Waals surface area contributed by atoms with E-state index in [0.29, 0.717) is 13.2 Å². The van der Waals surface area contributed by atoms with Crippen molar-refractivity contribution in [1.82, 2.24) is 20.7 Å². The normalized spacial score (nSPS) is 18.7. The van der Waals surface area contributed by atoms with Gasteiger partial charge in [-0.1, -0.05) is 0 Å². The summed E-state index contributed by atoms with van der Waals surface area (Å²) in [5.41, 5.74) is 3.09. The molecule has 0 aromatic carbocycles. The predicted molar refractivity (Wildman–Crippen MR) is 91.3 cm³/mol. The standard InChI is InChI=1S/C16H34N4O3/c1-16(2,3)23-15(21)17-8-6-7-14(13-22-5)18-20-11-9-19(4)10-12-20/h14,18H,6-13H2,1-5H3,(H,17,21). The number of alkyl carbamates (subject to hydrolysis) is 1. The largest absolute Gasteiger partial charge is 0.444 e. The fourth-order valence-corrected chi connectivity index (χ4v) is 2.43. The number of carbonyl (C=O) groups is 1. The number of rotatable bonds is 8. The lowest BCUT2D eigenvalue weighted by molar-refractivity contribution is 0.0509. The molecule has 1 heterocycles. The van der Waals surface area contributed by atoms with E-state index in [1.54, 1.807) is 7.11 Å². The van der Waals surface area contributed by atoms with Gasteiger partial charge in [0.25, 0.3) is 0 Å². The first-order valence-corrected chi connectivity index (χ1v) is 8.45. The van der Waals surface area contributed by atoms with Gasteiger partial charge in [-0.05, 0) is 40.7 Å². The molecule has 0 radical (unpaired) electrons. The summed E-state index contributed by atoms with van der Waals surface area (Å²) >= 11 is 0. The van der Waals surface area contributed by atoms with E-state index >= 15 is 0 Å². The van der Waals surface area contributed by atoms with E-state index in [1.165, 1.54) is 0 Å². The average molecular weight is 330 g/mol. The average Bonchev–Trinajstić information content (AvgIpc) is 2.44. The van der Waals surface area contributed by atoms with E-state index in [-0.39, 0.29) is 12.1 Å². The topological polar surface area (TPSA) is 66.1 Å². The van der Waals surface area contributed by atoms with Gasteiger partial charge >= 0.3 is 6.09 Å². The maximum absolute atomic E-state index is 11.6. The zero-order chi connectivity index (χ0) is 17.3. The Morgan fingerprint density at radius 2 is 1.87 bits per heavy atom. The van der Waals surface area contributed by atoms with Crippen LogP contribution < -0.4 is 10.7 Å². The molecule has 1 saturated heterocycles. The highest BCUT2D eigenvalue weighted by Crippen LogP contribution is 2.07. The van der Waals surface area contributed by atoms with Crippen molar-refractivity contribution in [2.75, 3.05) is 53.5 Å². The molecule has 136 valence electrons. The van der Waals surface area contributed by atoms with E-state index in [0.717, 1.165) is 39.0 Å². The van der Waals surface area contributed by atoms with E-state index < -0.39 is 5.60 Å². The minimum Gasteiger partial charge on any atom is -0.444 e. The van der Waals surface area contributed by atoms with Crippen molar-refractivity contribution in [2.24, 2.45) is 0 Å². The van der Waals surface area contributed by atoms with Crippen LogP contribution in [-0.2, 0) is 9.47 Å². The number of hydrogen-bond donors (Lipinski definition) is 2. The monoisotopic (exact) mass is 330 g/mol. The van der Waals surface area contributed by atoms with Gasteiger partial charge in [0.1, 0.15) is 5.60 Å². The number of nitrogens with zero attached hydrogens (tertiary/aromatic N) is 2. The Morgan fingerprint density at radius 1 is 1.22 bits per heavy atom. The summed E-state index contributed by atoms with van der Waals surface area (Å²) in [5.74, 6) is 0. The molecule has 0 saturated carbocycles. The van der Waals surface area contributed by atoms with Gasteiger partial charge in [0.2, 0.25) is 0 Å². The Labute approximate surface area is 140 Å². The van der Waals surface area contributed by atoms with Crippen molar-refractivity contribution >= 4 is 6.09 Å². The summed E-state index contributed by atoms with van der Waals surface area (Å²) < 4.78 is 10.5. The van der Waals surface area contributed by atoms with Crippen molar-refractivity contribution in [3.63, 3.8) is 0 Å². The number of amides is 1. The highest BCUT2D eigenvalue weighted by molar-refractivity contribution is 5.67. The van der Waals surface area contributed by atoms with Crippen LogP contribution in [0.25, 0.3) is 0 Å². The van der Waals surface area contributed by atoms with E-state index in [4.69, 9.17) is 9.47 Å². The number of ether oxygens (including phenoxy) is 2. The second-order valence-electron chi connectivity index (χ2n) is 7.14. The fraction of sp³-hybridized carbons (Fsp3) is 0.938. The molecule has 1 rings (SSSR count). The number of methoxy groups -OCH3 is 1. The molecule has 1 amide bonds. The number of hydrogen-bond acceptors (Lipinski definition) is 6. The zero-order valence-corrected chi connectivity index (χ0v) is 15.4. The van der Waals surface area contributed by atoms with Gasteiger partial charge in [-0.25, -0.2) is 15.2 Å². The van der Waals surface area contributed by atoms with Gasteiger partial charge < -0.3 is 19.7 Å². The molecule has 1 aliphatic heterocycles. The van der Waals surface area contributed by atoms with Gasteiger partial charge in [-0.15, -0.1) is 0 Å². The minimum atomic E-state index is -0.453. The van der Waals surface area contributed by atoms with Crippen molar-refractivity contribution in [3.05, 3.63) is 0 Å². The molecule has 0 aliphatic carbocycles. The highest BCUT2D eigenvalue weighted by atomic mass is 16.6. The molecule has 0 aromatic heterocycles. The minimum absolute atomic E-state index is 0.267. The number of piperazine rings is 1. The molecule has 0 aromatic rings. The first-order chi connectivity index (χ1) is 10.8. The van der Waals surface area contributed by atoms with Gasteiger partial charge in [0, 0.05) is 45.9 Å². The molecule has 7 heteroatoms. The quantitative estimate of drug-likeness (QED) is 0.649. The highest BCUT2D eigenvalue weighted by Gasteiger charge is 2.18. The third-order valence-corrected chi connectivity index (χ3v) is 3.63. The van der Waals surface area contributed by atoms with Gasteiger partial charge in [0.15, 0.2) is 0 Å². The summed E-state index contributed by atoms with van der Waals surface area (Å²) in [4.78, 5) is 13.9. The number of likely N-dealkylation sites (N-methyl/N-ethyl adjacent to an activating group) is 1. The molecule has 1 aliphatic rings. The summed E-state index contributed by atoms with van der Waals surface area (Å²) in [6, 6.07) is 0.267. The van der Waals surface area contributed by atoms with E-state index in [9.17, 15) is 4.79 Å². The van der Waals surface area contributed by atoms with Crippen molar-refractivity contribution in [1.29, 1.82) is 0 Å². The Balaban J connectivity index is 2.21. The Morgan fingerprint density at radius 3 is 2.43 bits per heavy atom. The summed E-state index contributed by atoms with van der Waals surface area (Å²) in [5, 5.41) is 5.06. The Bertz CT molecular complexity index is 339. The molecule has 23 heavy (non-hydrogen) atoms. The van der Waals surface area contributed by atoms with Gasteiger partial charge in [0.05, 0.1) is 6.61 Å². The second-order valence-corrected chi connectivity index (χ2v) is 7.14. The molecule has 0 bridgehead atoms.